The Morgan fingerprint density at radius 2 is 1.58 bits per heavy atom. The highest BCUT2D eigenvalue weighted by Gasteiger charge is 2.62. The van der Waals surface area contributed by atoms with E-state index >= 15 is 17.6 Å². The van der Waals surface area contributed by atoms with Gasteiger partial charge in [-0.15, -0.1) is 0 Å². The molecule has 43 heavy (non-hydrogen) atoms. The summed E-state index contributed by atoms with van der Waals surface area (Å²) in [6, 6.07) is 12.9. The monoisotopic (exact) mass is 656 g/mol. The topological polar surface area (TPSA) is 59.0 Å². The van der Waals surface area contributed by atoms with Gasteiger partial charge in [-0.1, -0.05) is 46.3 Å². The molecule has 10 heteroatoms. The largest absolute Gasteiger partial charge is 0.444 e. The lowest BCUT2D eigenvalue weighted by Gasteiger charge is -2.35. The van der Waals surface area contributed by atoms with Crippen LogP contribution in [0.25, 0.3) is 22.3 Å². The van der Waals surface area contributed by atoms with Crippen molar-refractivity contribution in [1.29, 1.82) is 0 Å². The van der Waals surface area contributed by atoms with Crippen LogP contribution in [0.3, 0.4) is 0 Å². The van der Waals surface area contributed by atoms with Crippen LogP contribution in [0.5, 0.6) is 0 Å². The standard InChI is InChI=1S/C33H29BrF4N2O3/c1-31(2,3)43-30(42)40-12-4-5-28(40)27-16-21-13-18(8-11-26(21)39-27)19-6-9-22-23-10-7-20(29(41)17-34)15-25(23)33(37,38)32(35,36)24(22)14-19/h6-11,13-15,28H,4-5,12,16-17H2,1-3H3/t28-/m0/s1. The molecule has 6 rings (SSSR count). The fraction of sp³-hybridized carbons (Fsp3) is 0.364. The third-order valence-electron chi connectivity index (χ3n) is 8.16. The molecule has 3 aromatic rings. The maximum Gasteiger partial charge on any atom is 0.410 e. The number of carbonyl (C=O) groups excluding carboxylic acids is 2. The molecule has 0 spiro atoms. The number of hydrogen-bond acceptors (Lipinski definition) is 4. The zero-order chi connectivity index (χ0) is 30.9. The summed E-state index contributed by atoms with van der Waals surface area (Å²) in [5.41, 5.74) is 1.07. The maximum absolute atomic E-state index is 15.5. The summed E-state index contributed by atoms with van der Waals surface area (Å²) >= 11 is 3.00. The minimum absolute atomic E-state index is 0.00256. The number of benzene rings is 3. The number of halogens is 5. The van der Waals surface area contributed by atoms with Gasteiger partial charge in [0.25, 0.3) is 0 Å². The van der Waals surface area contributed by atoms with Crippen molar-refractivity contribution >= 4 is 39.2 Å². The average Bonchev–Trinajstić information content (AvgIpc) is 3.61. The van der Waals surface area contributed by atoms with E-state index in [1.165, 1.54) is 18.2 Å². The Bertz CT molecular complexity index is 1700. The summed E-state index contributed by atoms with van der Waals surface area (Å²) in [7, 11) is 0. The van der Waals surface area contributed by atoms with Gasteiger partial charge in [0.15, 0.2) is 5.78 Å². The number of likely N-dealkylation sites (tertiary alicyclic amines) is 1. The Morgan fingerprint density at radius 1 is 0.953 bits per heavy atom. The van der Waals surface area contributed by atoms with Crippen LogP contribution in [0.1, 0.15) is 60.7 Å². The number of rotatable bonds is 4. The van der Waals surface area contributed by atoms with Gasteiger partial charge in [0.05, 0.1) is 17.1 Å². The van der Waals surface area contributed by atoms with Crippen molar-refractivity contribution in [2.24, 2.45) is 4.99 Å². The lowest BCUT2D eigenvalue weighted by Crippen LogP contribution is -2.43. The van der Waals surface area contributed by atoms with Gasteiger partial charge in [-0.05, 0) is 85.7 Å². The van der Waals surface area contributed by atoms with Crippen molar-refractivity contribution in [2.75, 3.05) is 11.9 Å². The van der Waals surface area contributed by atoms with Crippen molar-refractivity contribution in [1.82, 2.24) is 4.90 Å². The number of fused-ring (bicyclic) bond motifs is 4. The molecule has 2 aliphatic heterocycles. The molecule has 1 aliphatic carbocycles. The molecule has 0 unspecified atom stereocenters. The van der Waals surface area contributed by atoms with Gasteiger partial charge < -0.3 is 4.74 Å². The molecular weight excluding hydrogens is 628 g/mol. The summed E-state index contributed by atoms with van der Waals surface area (Å²) in [5.74, 6) is -9.49. The van der Waals surface area contributed by atoms with Gasteiger partial charge in [-0.2, -0.15) is 17.6 Å². The highest BCUT2D eigenvalue weighted by atomic mass is 79.9. The Kier molecular flexibility index (Phi) is 7.06. The van der Waals surface area contributed by atoms with Crippen LogP contribution in [0.4, 0.5) is 28.0 Å². The first-order chi connectivity index (χ1) is 20.2. The van der Waals surface area contributed by atoms with Crippen molar-refractivity contribution in [2.45, 2.75) is 63.5 Å². The maximum atomic E-state index is 15.5. The van der Waals surface area contributed by atoms with E-state index in [0.717, 1.165) is 41.9 Å². The average molecular weight is 658 g/mol. The normalized spacial score (nSPS) is 19.8. The van der Waals surface area contributed by atoms with E-state index < -0.39 is 34.4 Å². The molecule has 1 atom stereocenters. The first-order valence-electron chi connectivity index (χ1n) is 14.1. The van der Waals surface area contributed by atoms with E-state index in [0.29, 0.717) is 24.1 Å². The Balaban J connectivity index is 1.31. The minimum Gasteiger partial charge on any atom is -0.444 e. The van der Waals surface area contributed by atoms with Gasteiger partial charge in [0.2, 0.25) is 0 Å². The number of aliphatic imine (C=N–C) groups is 1. The summed E-state index contributed by atoms with van der Waals surface area (Å²) < 4.78 is 67.3. The van der Waals surface area contributed by atoms with Gasteiger partial charge in [0, 0.05) is 35.4 Å². The van der Waals surface area contributed by atoms with Crippen LogP contribution in [0, 0.1) is 0 Å². The van der Waals surface area contributed by atoms with Crippen molar-refractivity contribution in [3.63, 3.8) is 0 Å². The van der Waals surface area contributed by atoms with Crippen LogP contribution in [0.2, 0.25) is 0 Å². The van der Waals surface area contributed by atoms with Crippen molar-refractivity contribution in [3.8, 4) is 22.3 Å². The van der Waals surface area contributed by atoms with E-state index in [-0.39, 0.29) is 34.2 Å². The van der Waals surface area contributed by atoms with Crippen LogP contribution in [-0.4, -0.2) is 46.0 Å². The summed E-state index contributed by atoms with van der Waals surface area (Å²) in [6.45, 7) is 6.04. The lowest BCUT2D eigenvalue weighted by molar-refractivity contribution is -0.225. The number of carbonyl (C=O) groups is 2. The van der Waals surface area contributed by atoms with E-state index in [2.05, 4.69) is 15.9 Å². The molecule has 1 saturated heterocycles. The molecule has 3 aliphatic rings. The van der Waals surface area contributed by atoms with E-state index in [1.807, 2.05) is 26.8 Å². The van der Waals surface area contributed by atoms with Crippen LogP contribution < -0.4 is 0 Å². The predicted octanol–water partition coefficient (Wildman–Crippen LogP) is 8.82. The quantitative estimate of drug-likeness (QED) is 0.160. The first-order valence-corrected chi connectivity index (χ1v) is 15.2. The Hall–Kier alpha value is -3.53. The number of hydrogen-bond donors (Lipinski definition) is 0. The molecule has 0 aromatic heterocycles. The zero-order valence-corrected chi connectivity index (χ0v) is 25.4. The van der Waals surface area contributed by atoms with Gasteiger partial charge >= 0.3 is 17.9 Å². The summed E-state index contributed by atoms with van der Waals surface area (Å²) in [5, 5.41) is -0.107. The Labute approximate surface area is 255 Å². The van der Waals surface area contributed by atoms with Crippen molar-refractivity contribution in [3.05, 3.63) is 76.9 Å². The van der Waals surface area contributed by atoms with Gasteiger partial charge in [-0.3, -0.25) is 14.7 Å². The second kappa shape index (κ2) is 10.3. The second-order valence-electron chi connectivity index (χ2n) is 12.2. The number of ketones is 1. The fourth-order valence-corrected chi connectivity index (χ4v) is 6.42. The molecular formula is C33H29BrF4N2O3. The highest BCUT2D eigenvalue weighted by molar-refractivity contribution is 9.09. The molecule has 0 bridgehead atoms. The van der Waals surface area contributed by atoms with Crippen LogP contribution in [0.15, 0.2) is 59.6 Å². The van der Waals surface area contributed by atoms with Gasteiger partial charge in [-0.25, -0.2) is 4.79 Å². The number of ether oxygens (including phenoxy) is 1. The van der Waals surface area contributed by atoms with E-state index in [4.69, 9.17) is 9.73 Å². The molecule has 1 amide bonds. The SMILES string of the molecule is CC(C)(C)OC(=O)N1CCC[C@H]1C1=Nc2ccc(-c3ccc4c(c3)C(F)(F)C(F)(F)c3cc(C(=O)CBr)ccc3-4)cc2C1. The lowest BCUT2D eigenvalue weighted by atomic mass is 9.78. The third-order valence-corrected chi connectivity index (χ3v) is 8.67. The Morgan fingerprint density at radius 3 is 2.26 bits per heavy atom. The minimum atomic E-state index is -4.52. The summed E-state index contributed by atoms with van der Waals surface area (Å²) in [4.78, 5) is 31.4. The molecule has 0 radical (unpaired) electrons. The molecule has 0 saturated carbocycles. The molecule has 0 N–H and O–H groups in total. The first kappa shape index (κ1) is 29.5. The number of nitrogens with zero attached hydrogens (tertiary/aromatic N) is 2. The molecule has 1 fully saturated rings. The predicted molar refractivity (Wildman–Crippen MR) is 160 cm³/mol. The van der Waals surface area contributed by atoms with Crippen molar-refractivity contribution < 1.29 is 31.9 Å². The second-order valence-corrected chi connectivity index (χ2v) is 12.7. The molecule has 2 heterocycles. The third kappa shape index (κ3) is 4.97. The van der Waals surface area contributed by atoms with Crippen LogP contribution >= 0.6 is 15.9 Å². The number of Topliss-reactive ketones (excluding diaryl/α,β-unsaturated/α-hetero) is 1. The summed E-state index contributed by atoms with van der Waals surface area (Å²) in [6.07, 6.45) is 1.69. The van der Waals surface area contributed by atoms with E-state index in [1.54, 1.807) is 23.1 Å². The molecule has 5 nitrogen and oxygen atoms in total. The molecule has 3 aromatic carbocycles. The zero-order valence-electron chi connectivity index (χ0n) is 23.8. The van der Waals surface area contributed by atoms with Gasteiger partial charge in [0.1, 0.15) is 5.60 Å². The van der Waals surface area contributed by atoms with E-state index in [9.17, 15) is 9.59 Å². The highest BCUT2D eigenvalue weighted by Crippen LogP contribution is 2.58. The number of alkyl halides is 5. The number of amides is 1. The smallest absolute Gasteiger partial charge is 0.410 e. The van der Waals surface area contributed by atoms with Crippen LogP contribution in [-0.2, 0) is 23.0 Å². The molecule has 224 valence electrons. The fourth-order valence-electron chi connectivity index (χ4n) is 6.10.